The highest BCUT2D eigenvalue weighted by Gasteiger charge is 2.34. The van der Waals surface area contributed by atoms with Crippen LogP contribution in [0.15, 0.2) is 36.8 Å². The third-order valence-electron chi connectivity index (χ3n) is 5.54. The second-order valence-electron chi connectivity index (χ2n) is 8.08. The van der Waals surface area contributed by atoms with Crippen LogP contribution < -0.4 is 4.74 Å². The number of carbonyl (C=O) groups excluding carboxylic acids is 2. The smallest absolute Gasteiger partial charge is 0.259 e. The molecule has 0 saturated carbocycles. The molecule has 0 bridgehead atoms. The SMILES string of the molecule is CC(=O)N(C)C[C@H]1Oc2ncc(C#Cc3ccncc3)cc2C(=O)N([C@@H](C)CO)C[C@@H]1C. The summed E-state index contributed by atoms with van der Waals surface area (Å²) in [6.07, 6.45) is 4.52. The van der Waals surface area contributed by atoms with E-state index in [1.165, 1.54) is 6.92 Å². The quantitative estimate of drug-likeness (QED) is 0.731. The molecule has 0 unspecified atom stereocenters. The van der Waals surface area contributed by atoms with E-state index in [0.717, 1.165) is 5.56 Å². The normalized spacial score (nSPS) is 18.9. The highest BCUT2D eigenvalue weighted by atomic mass is 16.5. The van der Waals surface area contributed by atoms with Crippen LogP contribution in [0.1, 0.15) is 42.3 Å². The lowest BCUT2D eigenvalue weighted by molar-refractivity contribution is -0.129. The van der Waals surface area contributed by atoms with Crippen molar-refractivity contribution in [2.24, 2.45) is 5.92 Å². The molecule has 0 saturated heterocycles. The fraction of sp³-hybridized carbons (Fsp3) is 0.417. The molecular weight excluding hydrogens is 408 g/mol. The molecule has 0 radical (unpaired) electrons. The molecular formula is C24H28N4O4. The van der Waals surface area contributed by atoms with E-state index < -0.39 is 0 Å². The molecule has 8 heteroatoms. The minimum Gasteiger partial charge on any atom is -0.472 e. The summed E-state index contributed by atoms with van der Waals surface area (Å²) < 4.78 is 6.15. The maximum atomic E-state index is 13.4. The van der Waals surface area contributed by atoms with Gasteiger partial charge in [-0.15, -0.1) is 0 Å². The second kappa shape index (κ2) is 10.2. The van der Waals surface area contributed by atoms with Gasteiger partial charge in [-0.1, -0.05) is 18.8 Å². The highest BCUT2D eigenvalue weighted by Crippen LogP contribution is 2.27. The number of nitrogens with zero attached hydrogens (tertiary/aromatic N) is 4. The lowest BCUT2D eigenvalue weighted by Crippen LogP contribution is -2.50. The molecule has 3 atom stereocenters. The number of hydrogen-bond acceptors (Lipinski definition) is 6. The first-order chi connectivity index (χ1) is 15.3. The molecule has 8 nitrogen and oxygen atoms in total. The molecule has 0 fully saturated rings. The van der Waals surface area contributed by atoms with Crippen molar-refractivity contribution in [1.82, 2.24) is 19.8 Å². The van der Waals surface area contributed by atoms with Crippen molar-refractivity contribution in [3.63, 3.8) is 0 Å². The van der Waals surface area contributed by atoms with Gasteiger partial charge in [-0.05, 0) is 25.1 Å². The van der Waals surface area contributed by atoms with Crippen LogP contribution in [0.25, 0.3) is 0 Å². The topological polar surface area (TPSA) is 95.9 Å². The van der Waals surface area contributed by atoms with Gasteiger partial charge in [0.15, 0.2) is 0 Å². The predicted molar refractivity (Wildman–Crippen MR) is 119 cm³/mol. The zero-order chi connectivity index (χ0) is 23.3. The van der Waals surface area contributed by atoms with Gasteiger partial charge in [0.05, 0.1) is 19.2 Å². The first-order valence-corrected chi connectivity index (χ1v) is 10.5. The highest BCUT2D eigenvalue weighted by molar-refractivity contribution is 5.97. The van der Waals surface area contributed by atoms with Crippen LogP contribution in [0.3, 0.4) is 0 Å². The van der Waals surface area contributed by atoms with Crippen molar-refractivity contribution >= 4 is 11.8 Å². The number of likely N-dealkylation sites (N-methyl/N-ethyl adjacent to an activating group) is 1. The monoisotopic (exact) mass is 436 g/mol. The Bertz CT molecular complexity index is 1030. The largest absolute Gasteiger partial charge is 0.472 e. The lowest BCUT2D eigenvalue weighted by Gasteiger charge is -2.37. The summed E-state index contributed by atoms with van der Waals surface area (Å²) in [5.41, 5.74) is 1.65. The van der Waals surface area contributed by atoms with Gasteiger partial charge in [0.1, 0.15) is 11.7 Å². The van der Waals surface area contributed by atoms with E-state index >= 15 is 0 Å². The molecule has 32 heavy (non-hydrogen) atoms. The Labute approximate surface area is 188 Å². The third kappa shape index (κ3) is 5.42. The van der Waals surface area contributed by atoms with Crippen LogP contribution in [0.5, 0.6) is 5.88 Å². The summed E-state index contributed by atoms with van der Waals surface area (Å²) in [5.74, 6) is 5.82. The zero-order valence-electron chi connectivity index (χ0n) is 18.8. The molecule has 0 aromatic carbocycles. The summed E-state index contributed by atoms with van der Waals surface area (Å²) in [6.45, 7) is 5.82. The van der Waals surface area contributed by atoms with Gasteiger partial charge in [0.2, 0.25) is 11.8 Å². The fourth-order valence-electron chi connectivity index (χ4n) is 3.37. The van der Waals surface area contributed by atoms with E-state index in [0.29, 0.717) is 18.7 Å². The molecule has 3 heterocycles. The number of aliphatic hydroxyl groups is 1. The van der Waals surface area contributed by atoms with Crippen molar-refractivity contribution in [2.75, 3.05) is 26.7 Å². The molecule has 1 aliphatic heterocycles. The Morgan fingerprint density at radius 3 is 2.69 bits per heavy atom. The molecule has 3 rings (SSSR count). The van der Waals surface area contributed by atoms with Gasteiger partial charge in [-0.3, -0.25) is 14.6 Å². The van der Waals surface area contributed by atoms with E-state index in [2.05, 4.69) is 21.8 Å². The minimum atomic E-state index is -0.381. The standard InChI is InChI=1S/C24H28N4O4/c1-16-13-28(17(2)15-29)24(31)21-11-20(6-5-19-7-9-25-10-8-19)12-26-23(21)32-22(16)14-27(4)18(3)30/h7-12,16-17,22,29H,13-15H2,1-4H3/t16-,17-,22+/m0/s1. The third-order valence-corrected chi connectivity index (χ3v) is 5.54. The van der Waals surface area contributed by atoms with Gasteiger partial charge in [-0.2, -0.15) is 0 Å². The number of rotatable bonds is 4. The molecule has 2 aromatic rings. The van der Waals surface area contributed by atoms with Gasteiger partial charge in [-0.25, -0.2) is 4.98 Å². The maximum Gasteiger partial charge on any atom is 0.259 e. The number of ether oxygens (including phenoxy) is 1. The van der Waals surface area contributed by atoms with Gasteiger partial charge in [0, 0.05) is 56.2 Å². The summed E-state index contributed by atoms with van der Waals surface area (Å²) in [7, 11) is 1.71. The summed E-state index contributed by atoms with van der Waals surface area (Å²) in [4.78, 5) is 36.7. The molecule has 2 aromatic heterocycles. The average Bonchev–Trinajstić information content (AvgIpc) is 2.80. The minimum absolute atomic E-state index is 0.0746. The van der Waals surface area contributed by atoms with E-state index in [1.807, 2.05) is 6.92 Å². The summed E-state index contributed by atoms with van der Waals surface area (Å²) >= 11 is 0. The number of hydrogen-bond donors (Lipinski definition) is 1. The number of fused-ring (bicyclic) bond motifs is 1. The fourth-order valence-corrected chi connectivity index (χ4v) is 3.37. The van der Waals surface area contributed by atoms with E-state index in [4.69, 9.17) is 4.74 Å². The van der Waals surface area contributed by atoms with Crippen molar-refractivity contribution in [1.29, 1.82) is 0 Å². The molecule has 0 spiro atoms. The Morgan fingerprint density at radius 2 is 2.03 bits per heavy atom. The van der Waals surface area contributed by atoms with E-state index in [-0.39, 0.29) is 47.9 Å². The van der Waals surface area contributed by atoms with Crippen molar-refractivity contribution < 1.29 is 19.4 Å². The zero-order valence-corrected chi connectivity index (χ0v) is 18.8. The van der Waals surface area contributed by atoms with Crippen LogP contribution in [0.2, 0.25) is 0 Å². The van der Waals surface area contributed by atoms with Gasteiger partial charge in [0.25, 0.3) is 5.91 Å². The van der Waals surface area contributed by atoms with E-state index in [1.54, 1.807) is 60.6 Å². The Morgan fingerprint density at radius 1 is 1.34 bits per heavy atom. The summed E-state index contributed by atoms with van der Waals surface area (Å²) in [6, 6.07) is 4.88. The van der Waals surface area contributed by atoms with Crippen LogP contribution in [0.4, 0.5) is 0 Å². The van der Waals surface area contributed by atoms with Crippen LogP contribution in [-0.4, -0.2) is 75.6 Å². The van der Waals surface area contributed by atoms with Crippen LogP contribution in [-0.2, 0) is 4.79 Å². The predicted octanol–water partition coefficient (Wildman–Crippen LogP) is 1.57. The number of pyridine rings is 2. The number of aromatic nitrogens is 2. The van der Waals surface area contributed by atoms with Crippen molar-refractivity contribution in [3.8, 4) is 17.7 Å². The summed E-state index contributed by atoms with van der Waals surface area (Å²) in [5, 5.41) is 9.73. The molecule has 0 aliphatic carbocycles. The maximum absolute atomic E-state index is 13.4. The van der Waals surface area contributed by atoms with Gasteiger partial charge < -0.3 is 19.6 Å². The van der Waals surface area contributed by atoms with Crippen molar-refractivity contribution in [2.45, 2.75) is 32.9 Å². The van der Waals surface area contributed by atoms with E-state index in [9.17, 15) is 14.7 Å². The van der Waals surface area contributed by atoms with Crippen LogP contribution >= 0.6 is 0 Å². The molecule has 1 N–H and O–H groups in total. The first kappa shape index (κ1) is 23.2. The van der Waals surface area contributed by atoms with Gasteiger partial charge >= 0.3 is 0 Å². The van der Waals surface area contributed by atoms with Crippen molar-refractivity contribution in [3.05, 3.63) is 53.5 Å². The van der Waals surface area contributed by atoms with Crippen LogP contribution in [0, 0.1) is 17.8 Å². The lowest BCUT2D eigenvalue weighted by atomic mass is 10.00. The molecule has 2 amide bonds. The first-order valence-electron chi connectivity index (χ1n) is 10.5. The Kier molecular flexibility index (Phi) is 7.44. The number of aliphatic hydroxyl groups excluding tert-OH is 1. The number of amides is 2. The Hall–Kier alpha value is -3.44. The molecule has 168 valence electrons. The number of carbonyl (C=O) groups is 2. The molecule has 1 aliphatic rings. The second-order valence-corrected chi connectivity index (χ2v) is 8.08. The Balaban J connectivity index is 2.00. The average molecular weight is 437 g/mol.